The Balaban J connectivity index is 5.55. The highest BCUT2D eigenvalue weighted by Crippen LogP contribution is 2.10. The highest BCUT2D eigenvalue weighted by molar-refractivity contribution is 5.95. The predicted octanol–water partition coefficient (Wildman–Crippen LogP) is -4.23. The first-order chi connectivity index (χ1) is 15.3. The monoisotopic (exact) mass is 477 g/mol. The fraction of sp³-hybridized carbons (Fsp3) is 0.737. The molecule has 14 heteroatoms. The van der Waals surface area contributed by atoms with Gasteiger partial charge in [-0.15, -0.1) is 0 Å². The summed E-state index contributed by atoms with van der Waals surface area (Å²) < 4.78 is 0. The molecule has 0 bridgehead atoms. The lowest BCUT2D eigenvalue weighted by molar-refractivity contribution is -0.144. The molecular formula is C19H35N5O9. The van der Waals surface area contributed by atoms with E-state index in [4.69, 9.17) is 15.9 Å². The second-order valence-corrected chi connectivity index (χ2v) is 7.71. The zero-order valence-electron chi connectivity index (χ0n) is 19.1. The number of rotatable bonds is 14. The first kappa shape index (κ1) is 30.2. The van der Waals surface area contributed by atoms with Crippen LogP contribution in [0.25, 0.3) is 0 Å². The number of hydrogen-bond acceptors (Lipinski definition) is 9. The third-order valence-corrected chi connectivity index (χ3v) is 4.88. The summed E-state index contributed by atoms with van der Waals surface area (Å²) in [7, 11) is 0. The minimum atomic E-state index is -1.65. The molecule has 0 fully saturated rings. The molecule has 0 aromatic carbocycles. The first-order valence-corrected chi connectivity index (χ1v) is 10.4. The summed E-state index contributed by atoms with van der Waals surface area (Å²) in [4.78, 5) is 60.6. The lowest BCUT2D eigenvalue weighted by Crippen LogP contribution is -2.62. The Labute approximate surface area is 191 Å². The molecule has 0 saturated carbocycles. The largest absolute Gasteiger partial charge is 0.480 e. The molecule has 10 N–H and O–H groups in total. The van der Waals surface area contributed by atoms with Crippen LogP contribution in [0.5, 0.6) is 0 Å². The molecule has 33 heavy (non-hydrogen) atoms. The SMILES string of the molecule is CC[C@H](C)[C@H](NC(=O)[C@H](CO)NC(=O)[C@H](C)N)C(=O)N[C@H](C(=O)N[C@@H](CO)C(=O)O)[C@@H](C)O. The van der Waals surface area contributed by atoms with E-state index in [1.54, 1.807) is 13.8 Å². The molecule has 0 aromatic heterocycles. The average molecular weight is 478 g/mol. The van der Waals surface area contributed by atoms with E-state index in [0.29, 0.717) is 6.42 Å². The smallest absolute Gasteiger partial charge is 0.328 e. The van der Waals surface area contributed by atoms with Gasteiger partial charge in [0.15, 0.2) is 0 Å². The third-order valence-electron chi connectivity index (χ3n) is 4.88. The lowest BCUT2D eigenvalue weighted by atomic mass is 9.97. The van der Waals surface area contributed by atoms with Gasteiger partial charge in [0.05, 0.1) is 25.4 Å². The van der Waals surface area contributed by atoms with Gasteiger partial charge in [0.1, 0.15) is 24.2 Å². The number of aliphatic carboxylic acids is 1. The first-order valence-electron chi connectivity index (χ1n) is 10.4. The van der Waals surface area contributed by atoms with Gasteiger partial charge < -0.3 is 47.4 Å². The Morgan fingerprint density at radius 1 is 0.758 bits per heavy atom. The molecule has 0 spiro atoms. The van der Waals surface area contributed by atoms with E-state index in [9.17, 15) is 34.2 Å². The molecule has 0 rings (SSSR count). The van der Waals surface area contributed by atoms with Gasteiger partial charge in [-0.25, -0.2) is 4.79 Å². The molecule has 4 amide bonds. The Morgan fingerprint density at radius 2 is 1.21 bits per heavy atom. The number of carboxylic acid groups (broad SMARTS) is 1. The highest BCUT2D eigenvalue weighted by Gasteiger charge is 2.34. The highest BCUT2D eigenvalue weighted by atomic mass is 16.4. The summed E-state index contributed by atoms with van der Waals surface area (Å²) >= 11 is 0. The van der Waals surface area contributed by atoms with E-state index in [1.165, 1.54) is 13.8 Å². The van der Waals surface area contributed by atoms with Crippen molar-refractivity contribution in [3.05, 3.63) is 0 Å². The van der Waals surface area contributed by atoms with Crippen molar-refractivity contribution in [1.82, 2.24) is 21.3 Å². The standard InChI is InChI=1S/C19H35N5O9/c1-5-8(2)13(23-16(29)11(6-25)21-15(28)9(3)20)17(30)24-14(10(4)27)18(31)22-12(7-26)19(32)33/h8-14,25-27H,5-7,20H2,1-4H3,(H,21,28)(H,22,31)(H,23,29)(H,24,30)(H,32,33)/t8-,9-,10+,11-,12-,13-,14-/m0/s1. The van der Waals surface area contributed by atoms with Crippen LogP contribution in [0.15, 0.2) is 0 Å². The minimum absolute atomic E-state index is 0.408. The van der Waals surface area contributed by atoms with Crippen LogP contribution in [-0.4, -0.2) is 99.6 Å². The summed E-state index contributed by atoms with van der Waals surface area (Å²) in [6, 6.07) is -6.81. The predicted molar refractivity (Wildman–Crippen MR) is 114 cm³/mol. The van der Waals surface area contributed by atoms with Gasteiger partial charge in [-0.3, -0.25) is 19.2 Å². The van der Waals surface area contributed by atoms with E-state index in [-0.39, 0.29) is 0 Å². The zero-order chi connectivity index (χ0) is 25.9. The van der Waals surface area contributed by atoms with Crippen LogP contribution in [0.3, 0.4) is 0 Å². The summed E-state index contributed by atoms with van der Waals surface area (Å²) in [5, 5.41) is 46.3. The maximum absolute atomic E-state index is 12.9. The van der Waals surface area contributed by atoms with Crippen molar-refractivity contribution < 1.29 is 44.4 Å². The van der Waals surface area contributed by atoms with Crippen molar-refractivity contribution in [3.8, 4) is 0 Å². The number of aliphatic hydroxyl groups is 3. The number of amides is 4. The van der Waals surface area contributed by atoms with Gasteiger partial charge in [0.2, 0.25) is 23.6 Å². The molecular weight excluding hydrogens is 442 g/mol. The van der Waals surface area contributed by atoms with E-state index in [0.717, 1.165) is 0 Å². The van der Waals surface area contributed by atoms with Gasteiger partial charge in [-0.1, -0.05) is 20.3 Å². The number of nitrogens with two attached hydrogens (primary N) is 1. The van der Waals surface area contributed by atoms with Crippen molar-refractivity contribution in [1.29, 1.82) is 0 Å². The molecule has 0 aromatic rings. The Morgan fingerprint density at radius 3 is 1.61 bits per heavy atom. The maximum Gasteiger partial charge on any atom is 0.328 e. The molecule has 14 nitrogen and oxygen atoms in total. The Bertz CT molecular complexity index is 701. The number of carbonyl (C=O) groups excluding carboxylic acids is 4. The van der Waals surface area contributed by atoms with Crippen LogP contribution in [0.4, 0.5) is 0 Å². The summed E-state index contributed by atoms with van der Waals surface area (Å²) in [5.41, 5.74) is 5.43. The van der Waals surface area contributed by atoms with Crippen LogP contribution in [-0.2, 0) is 24.0 Å². The van der Waals surface area contributed by atoms with Gasteiger partial charge in [-0.05, 0) is 19.8 Å². The fourth-order valence-electron chi connectivity index (χ4n) is 2.55. The van der Waals surface area contributed by atoms with E-state index < -0.39 is 85.0 Å². The van der Waals surface area contributed by atoms with Crippen LogP contribution in [0, 0.1) is 5.92 Å². The molecule has 0 heterocycles. The lowest BCUT2D eigenvalue weighted by Gasteiger charge is -2.29. The van der Waals surface area contributed by atoms with Crippen LogP contribution in [0.1, 0.15) is 34.1 Å². The van der Waals surface area contributed by atoms with Crippen molar-refractivity contribution in [2.75, 3.05) is 13.2 Å². The van der Waals surface area contributed by atoms with Gasteiger partial charge in [-0.2, -0.15) is 0 Å². The van der Waals surface area contributed by atoms with Gasteiger partial charge >= 0.3 is 5.97 Å². The quantitative estimate of drug-likeness (QED) is 0.117. The minimum Gasteiger partial charge on any atom is -0.480 e. The van der Waals surface area contributed by atoms with Crippen molar-refractivity contribution in [2.45, 2.75) is 70.4 Å². The fourth-order valence-corrected chi connectivity index (χ4v) is 2.55. The van der Waals surface area contributed by atoms with Crippen molar-refractivity contribution >= 4 is 29.6 Å². The molecule has 190 valence electrons. The molecule has 0 radical (unpaired) electrons. The number of carboxylic acids is 1. The second-order valence-electron chi connectivity index (χ2n) is 7.71. The number of aliphatic hydroxyl groups excluding tert-OH is 3. The van der Waals surface area contributed by atoms with Gasteiger partial charge in [0.25, 0.3) is 0 Å². The van der Waals surface area contributed by atoms with Crippen LogP contribution >= 0.6 is 0 Å². The van der Waals surface area contributed by atoms with Crippen molar-refractivity contribution in [2.24, 2.45) is 11.7 Å². The Kier molecular flexibility index (Phi) is 13.1. The maximum atomic E-state index is 12.9. The molecule has 7 atom stereocenters. The van der Waals surface area contributed by atoms with Crippen LogP contribution < -0.4 is 27.0 Å². The topological polar surface area (TPSA) is 240 Å². The number of hydrogen-bond donors (Lipinski definition) is 9. The molecule has 0 aliphatic heterocycles. The van der Waals surface area contributed by atoms with Crippen LogP contribution in [0.2, 0.25) is 0 Å². The van der Waals surface area contributed by atoms with Crippen molar-refractivity contribution in [3.63, 3.8) is 0 Å². The molecule has 0 saturated heterocycles. The normalized spacial score (nSPS) is 17.3. The average Bonchev–Trinajstić information content (AvgIpc) is 2.75. The summed E-state index contributed by atoms with van der Waals surface area (Å²) in [5.74, 6) is -5.50. The molecule has 0 aliphatic rings. The number of nitrogens with one attached hydrogen (secondary N) is 4. The van der Waals surface area contributed by atoms with E-state index in [2.05, 4.69) is 16.0 Å². The third kappa shape index (κ3) is 9.69. The second kappa shape index (κ2) is 14.4. The summed E-state index contributed by atoms with van der Waals surface area (Å²) in [6.45, 7) is 4.24. The van der Waals surface area contributed by atoms with E-state index in [1.807, 2.05) is 5.32 Å². The number of carbonyl (C=O) groups is 5. The van der Waals surface area contributed by atoms with Gasteiger partial charge in [0, 0.05) is 0 Å². The molecule has 0 unspecified atom stereocenters. The Hall–Kier alpha value is -2.81. The van der Waals surface area contributed by atoms with E-state index >= 15 is 0 Å². The summed E-state index contributed by atoms with van der Waals surface area (Å²) in [6.07, 6.45) is -1.04. The zero-order valence-corrected chi connectivity index (χ0v) is 19.1. The molecule has 0 aliphatic carbocycles.